The summed E-state index contributed by atoms with van der Waals surface area (Å²) in [6.07, 6.45) is 3.28. The normalized spacial score (nSPS) is 17.8. The van der Waals surface area contributed by atoms with Crippen LogP contribution < -0.4 is 4.90 Å². The first-order valence-electron chi connectivity index (χ1n) is 11.8. The van der Waals surface area contributed by atoms with Gasteiger partial charge in [-0.25, -0.2) is 0 Å². The van der Waals surface area contributed by atoms with Crippen molar-refractivity contribution >= 4 is 23.1 Å². The summed E-state index contributed by atoms with van der Waals surface area (Å²) < 4.78 is 0. The van der Waals surface area contributed by atoms with Gasteiger partial charge in [-0.15, -0.1) is 0 Å². The summed E-state index contributed by atoms with van der Waals surface area (Å²) in [5.41, 5.74) is 2.92. The van der Waals surface area contributed by atoms with Crippen LogP contribution >= 0.6 is 0 Å². The van der Waals surface area contributed by atoms with Crippen LogP contribution in [0.25, 0.3) is 0 Å². The summed E-state index contributed by atoms with van der Waals surface area (Å²) in [6, 6.07) is 12.2. The lowest BCUT2D eigenvalue weighted by Gasteiger charge is -2.35. The average Bonchev–Trinajstić information content (AvgIpc) is 2.84. The topological polar surface area (TPSA) is 83.8 Å². The number of likely N-dealkylation sites (tertiary alicyclic amines) is 1. The molecule has 7 nitrogen and oxygen atoms in total. The van der Waals surface area contributed by atoms with E-state index in [1.54, 1.807) is 11.0 Å². The number of rotatable bonds is 5. The van der Waals surface area contributed by atoms with Crippen molar-refractivity contribution in [3.05, 3.63) is 69.3 Å². The molecule has 0 radical (unpaired) electrons. The lowest BCUT2D eigenvalue weighted by molar-refractivity contribution is -0.384. The first-order chi connectivity index (χ1) is 15.8. The molecule has 0 saturated carbocycles. The van der Waals surface area contributed by atoms with Crippen molar-refractivity contribution in [2.75, 3.05) is 31.1 Å². The minimum absolute atomic E-state index is 0.0723. The molecule has 33 heavy (non-hydrogen) atoms. The van der Waals surface area contributed by atoms with Gasteiger partial charge in [0.05, 0.1) is 16.2 Å². The molecule has 0 N–H and O–H groups in total. The zero-order valence-electron chi connectivity index (χ0n) is 19.3. The molecule has 2 saturated heterocycles. The highest BCUT2D eigenvalue weighted by Gasteiger charge is 2.31. The van der Waals surface area contributed by atoms with Crippen LogP contribution in [0.2, 0.25) is 0 Å². The summed E-state index contributed by atoms with van der Waals surface area (Å²) in [7, 11) is 0. The molecule has 2 heterocycles. The van der Waals surface area contributed by atoms with Gasteiger partial charge in [0.15, 0.2) is 5.78 Å². The Balaban J connectivity index is 1.49. The van der Waals surface area contributed by atoms with Gasteiger partial charge in [0.25, 0.3) is 11.6 Å². The van der Waals surface area contributed by atoms with E-state index in [4.69, 9.17) is 0 Å². The van der Waals surface area contributed by atoms with E-state index in [2.05, 4.69) is 11.8 Å². The second-order valence-corrected chi connectivity index (χ2v) is 9.42. The summed E-state index contributed by atoms with van der Waals surface area (Å²) in [6.45, 7) is 6.84. The molecule has 2 aromatic rings. The number of nitro benzene ring substituents is 1. The van der Waals surface area contributed by atoms with E-state index in [-0.39, 0.29) is 23.3 Å². The third-order valence-corrected chi connectivity index (χ3v) is 7.03. The highest BCUT2D eigenvalue weighted by molar-refractivity contribution is 6.01. The molecule has 0 bridgehead atoms. The van der Waals surface area contributed by atoms with Gasteiger partial charge < -0.3 is 9.80 Å². The number of Topliss-reactive ketones (excluding diaryl/α,β-unsaturated/α-hetero) is 1. The quantitative estimate of drug-likeness (QED) is 0.369. The van der Waals surface area contributed by atoms with E-state index < -0.39 is 4.92 Å². The Morgan fingerprint density at radius 1 is 0.939 bits per heavy atom. The van der Waals surface area contributed by atoms with Crippen LogP contribution in [-0.2, 0) is 0 Å². The van der Waals surface area contributed by atoms with Crippen molar-refractivity contribution in [2.45, 2.75) is 39.5 Å². The minimum Gasteiger partial charge on any atom is -0.371 e. The Labute approximate surface area is 194 Å². The Bertz CT molecular complexity index is 1030. The summed E-state index contributed by atoms with van der Waals surface area (Å²) in [5, 5.41) is 11.4. The van der Waals surface area contributed by atoms with E-state index >= 15 is 0 Å². The number of hydrogen-bond donors (Lipinski definition) is 0. The van der Waals surface area contributed by atoms with Crippen molar-refractivity contribution in [1.82, 2.24) is 4.90 Å². The van der Waals surface area contributed by atoms with Gasteiger partial charge >= 0.3 is 0 Å². The summed E-state index contributed by atoms with van der Waals surface area (Å²) >= 11 is 0. The molecule has 2 fully saturated rings. The number of carbonyl (C=O) groups is 2. The Kier molecular flexibility index (Phi) is 6.77. The molecule has 0 atom stereocenters. The monoisotopic (exact) mass is 449 g/mol. The molecule has 174 valence electrons. The van der Waals surface area contributed by atoms with E-state index in [9.17, 15) is 19.7 Å². The van der Waals surface area contributed by atoms with E-state index in [1.165, 1.54) is 12.1 Å². The molecule has 2 aromatic carbocycles. The van der Waals surface area contributed by atoms with Gasteiger partial charge in [-0.3, -0.25) is 19.7 Å². The fraction of sp³-hybridized carbons (Fsp3) is 0.462. The van der Waals surface area contributed by atoms with Crippen LogP contribution in [0, 0.1) is 28.9 Å². The van der Waals surface area contributed by atoms with Gasteiger partial charge in [0.2, 0.25) is 0 Å². The van der Waals surface area contributed by atoms with Gasteiger partial charge in [-0.05, 0) is 44.6 Å². The average molecular weight is 450 g/mol. The van der Waals surface area contributed by atoms with Crippen LogP contribution in [0.5, 0.6) is 0 Å². The molecule has 7 heteroatoms. The molecule has 0 aromatic heterocycles. The molecule has 2 aliphatic heterocycles. The van der Waals surface area contributed by atoms with Crippen LogP contribution in [0.4, 0.5) is 11.4 Å². The lowest BCUT2D eigenvalue weighted by atomic mass is 9.88. The molecule has 2 aliphatic rings. The number of hydrogen-bond acceptors (Lipinski definition) is 5. The highest BCUT2D eigenvalue weighted by atomic mass is 16.6. The number of piperidine rings is 2. The predicted octanol–water partition coefficient (Wildman–Crippen LogP) is 4.87. The van der Waals surface area contributed by atoms with E-state index in [0.717, 1.165) is 37.2 Å². The number of anilines is 1. The molecular weight excluding hydrogens is 418 g/mol. The smallest absolute Gasteiger partial charge is 0.270 e. The molecule has 0 aliphatic carbocycles. The number of aryl methyl sites for hydroxylation is 1. The zero-order chi connectivity index (χ0) is 23.5. The number of carbonyl (C=O) groups excluding carboxylic acids is 2. The Hall–Kier alpha value is -3.22. The molecule has 0 unspecified atom stereocenters. The molecule has 4 rings (SSSR count). The number of nitro groups is 1. The molecular formula is C26H31N3O4. The van der Waals surface area contributed by atoms with Crippen molar-refractivity contribution in [1.29, 1.82) is 0 Å². The second-order valence-electron chi connectivity index (χ2n) is 9.42. The SMILES string of the molecule is Cc1ccc(C(=O)C2CCN(C(=O)c3cc([N+](=O)[O-])ccc3N3CCC(C)CC3)CC2)cc1. The van der Waals surface area contributed by atoms with E-state index in [0.29, 0.717) is 43.0 Å². The molecule has 1 amide bonds. The van der Waals surface area contributed by atoms with Crippen LogP contribution in [-0.4, -0.2) is 47.7 Å². The summed E-state index contributed by atoms with van der Waals surface area (Å²) in [5.74, 6) is 0.475. The fourth-order valence-electron chi connectivity index (χ4n) is 4.80. The van der Waals surface area contributed by atoms with Crippen LogP contribution in [0.3, 0.4) is 0 Å². The predicted molar refractivity (Wildman–Crippen MR) is 128 cm³/mol. The third kappa shape index (κ3) is 5.07. The zero-order valence-corrected chi connectivity index (χ0v) is 19.3. The number of amides is 1. The number of benzene rings is 2. The van der Waals surface area contributed by atoms with Crippen LogP contribution in [0.15, 0.2) is 42.5 Å². The number of ketones is 1. The largest absolute Gasteiger partial charge is 0.371 e. The standard InChI is InChI=1S/C26H31N3O4/c1-18-3-5-20(6-4-18)25(30)21-11-15-28(16-12-21)26(31)23-17-22(29(32)33)7-8-24(23)27-13-9-19(2)10-14-27/h3-8,17,19,21H,9-16H2,1-2H3. The first-order valence-corrected chi connectivity index (χ1v) is 11.8. The van der Waals surface area contributed by atoms with Crippen LogP contribution in [0.1, 0.15) is 58.9 Å². The van der Waals surface area contributed by atoms with Crippen molar-refractivity contribution in [2.24, 2.45) is 11.8 Å². The fourth-order valence-corrected chi connectivity index (χ4v) is 4.80. The van der Waals surface area contributed by atoms with Crippen molar-refractivity contribution < 1.29 is 14.5 Å². The highest BCUT2D eigenvalue weighted by Crippen LogP contribution is 2.31. The number of non-ortho nitro benzene ring substituents is 1. The lowest BCUT2D eigenvalue weighted by Crippen LogP contribution is -2.41. The van der Waals surface area contributed by atoms with Gasteiger partial charge in [0.1, 0.15) is 0 Å². The van der Waals surface area contributed by atoms with Gasteiger partial charge in [-0.1, -0.05) is 36.8 Å². The Morgan fingerprint density at radius 3 is 2.18 bits per heavy atom. The van der Waals surface area contributed by atoms with Crippen molar-refractivity contribution in [3.63, 3.8) is 0 Å². The maximum Gasteiger partial charge on any atom is 0.270 e. The summed E-state index contributed by atoms with van der Waals surface area (Å²) in [4.78, 5) is 41.2. The molecule has 0 spiro atoms. The third-order valence-electron chi connectivity index (χ3n) is 7.03. The minimum atomic E-state index is -0.453. The van der Waals surface area contributed by atoms with Crippen molar-refractivity contribution in [3.8, 4) is 0 Å². The van der Waals surface area contributed by atoms with Gasteiger partial charge in [-0.2, -0.15) is 0 Å². The first kappa shape index (κ1) is 23.0. The second kappa shape index (κ2) is 9.73. The van der Waals surface area contributed by atoms with E-state index in [1.807, 2.05) is 31.2 Å². The number of nitrogens with zero attached hydrogens (tertiary/aromatic N) is 3. The maximum atomic E-state index is 13.5. The Morgan fingerprint density at radius 2 is 1.58 bits per heavy atom. The van der Waals surface area contributed by atoms with Gasteiger partial charge in [0, 0.05) is 49.8 Å². The maximum absolute atomic E-state index is 13.5.